The summed E-state index contributed by atoms with van der Waals surface area (Å²) in [4.78, 5) is 7.09. The van der Waals surface area contributed by atoms with Crippen LogP contribution >= 0.6 is 24.0 Å². The van der Waals surface area contributed by atoms with Gasteiger partial charge in [0.1, 0.15) is 0 Å². The zero-order chi connectivity index (χ0) is 19.9. The van der Waals surface area contributed by atoms with Crippen molar-refractivity contribution in [3.63, 3.8) is 0 Å². The predicted octanol–water partition coefficient (Wildman–Crippen LogP) is 1.73. The SMILES string of the molecule is CN=C(NCc1ccc(S(C)(=O)=O)cc1)NCC(C(C)C)N1CCOCC1.I. The highest BCUT2D eigenvalue weighted by molar-refractivity contribution is 14.0. The van der Waals surface area contributed by atoms with Crippen LogP contribution in [0.4, 0.5) is 0 Å². The van der Waals surface area contributed by atoms with Crippen molar-refractivity contribution in [1.29, 1.82) is 0 Å². The van der Waals surface area contributed by atoms with E-state index in [0.29, 0.717) is 23.4 Å². The van der Waals surface area contributed by atoms with Crippen molar-refractivity contribution in [3.05, 3.63) is 29.8 Å². The van der Waals surface area contributed by atoms with Gasteiger partial charge in [-0.15, -0.1) is 24.0 Å². The Balaban J connectivity index is 0.00000392. The minimum absolute atomic E-state index is 0. The second-order valence-electron chi connectivity index (χ2n) is 7.18. The topological polar surface area (TPSA) is 83.0 Å². The fourth-order valence-corrected chi connectivity index (χ4v) is 3.79. The highest BCUT2D eigenvalue weighted by atomic mass is 127. The first kappa shape index (κ1) is 25.1. The Morgan fingerprint density at radius 2 is 1.79 bits per heavy atom. The molecule has 0 saturated carbocycles. The van der Waals surface area contributed by atoms with Gasteiger partial charge in [-0.05, 0) is 23.6 Å². The summed E-state index contributed by atoms with van der Waals surface area (Å²) in [5.74, 6) is 1.26. The molecule has 1 unspecified atom stereocenters. The van der Waals surface area contributed by atoms with Gasteiger partial charge in [0.2, 0.25) is 0 Å². The van der Waals surface area contributed by atoms with Gasteiger partial charge >= 0.3 is 0 Å². The quantitative estimate of drug-likeness (QED) is 0.321. The molecule has 28 heavy (non-hydrogen) atoms. The van der Waals surface area contributed by atoms with Crippen molar-refractivity contribution >= 4 is 39.8 Å². The van der Waals surface area contributed by atoms with Gasteiger partial charge in [-0.1, -0.05) is 26.0 Å². The molecule has 1 heterocycles. The highest BCUT2D eigenvalue weighted by Crippen LogP contribution is 2.12. The third-order valence-electron chi connectivity index (χ3n) is 4.80. The van der Waals surface area contributed by atoms with Gasteiger partial charge in [0, 0.05) is 45.5 Å². The minimum atomic E-state index is -3.16. The van der Waals surface area contributed by atoms with Gasteiger partial charge in [0.25, 0.3) is 0 Å². The van der Waals surface area contributed by atoms with E-state index < -0.39 is 9.84 Å². The Morgan fingerprint density at radius 3 is 2.29 bits per heavy atom. The lowest BCUT2D eigenvalue weighted by Gasteiger charge is -2.37. The van der Waals surface area contributed by atoms with Gasteiger partial charge in [-0.25, -0.2) is 8.42 Å². The number of hydrogen-bond donors (Lipinski definition) is 2. The first-order valence-electron chi connectivity index (χ1n) is 9.36. The van der Waals surface area contributed by atoms with Crippen molar-refractivity contribution in [3.8, 4) is 0 Å². The molecule has 1 saturated heterocycles. The van der Waals surface area contributed by atoms with Crippen LogP contribution in [-0.2, 0) is 21.1 Å². The zero-order valence-corrected chi connectivity index (χ0v) is 20.3. The summed E-state index contributed by atoms with van der Waals surface area (Å²) >= 11 is 0. The number of guanidine groups is 1. The molecule has 1 aliphatic heterocycles. The number of rotatable bonds is 7. The molecule has 0 aromatic heterocycles. The molecule has 9 heteroatoms. The standard InChI is InChI=1S/C19H32N4O3S.HI/c1-15(2)18(23-9-11-26-12-10-23)14-22-19(20-3)21-13-16-5-7-17(8-6-16)27(4,24)25;/h5-8,15,18H,9-14H2,1-4H3,(H2,20,21,22);1H. The van der Waals surface area contributed by atoms with Crippen LogP contribution in [-0.4, -0.2) is 71.5 Å². The van der Waals surface area contributed by atoms with Gasteiger partial charge < -0.3 is 15.4 Å². The molecule has 1 aromatic rings. The maximum atomic E-state index is 11.5. The lowest BCUT2D eigenvalue weighted by Crippen LogP contribution is -2.52. The summed E-state index contributed by atoms with van der Waals surface area (Å²) in [6.45, 7) is 9.37. The van der Waals surface area contributed by atoms with Gasteiger partial charge in [-0.2, -0.15) is 0 Å². The number of sulfone groups is 1. The van der Waals surface area contributed by atoms with E-state index in [1.54, 1.807) is 19.2 Å². The van der Waals surface area contributed by atoms with Crippen molar-refractivity contribution in [2.24, 2.45) is 10.9 Å². The average molecular weight is 524 g/mol. The molecule has 160 valence electrons. The van der Waals surface area contributed by atoms with E-state index in [1.807, 2.05) is 12.1 Å². The first-order chi connectivity index (χ1) is 12.8. The van der Waals surface area contributed by atoms with Crippen LogP contribution in [0.1, 0.15) is 19.4 Å². The maximum Gasteiger partial charge on any atom is 0.191 e. The van der Waals surface area contributed by atoms with Crippen LogP contribution in [0.25, 0.3) is 0 Å². The van der Waals surface area contributed by atoms with Crippen LogP contribution in [0.3, 0.4) is 0 Å². The van der Waals surface area contributed by atoms with Gasteiger partial charge in [0.15, 0.2) is 15.8 Å². The molecule has 1 fully saturated rings. The Bertz CT molecular complexity index is 717. The summed E-state index contributed by atoms with van der Waals surface area (Å²) in [5.41, 5.74) is 0.999. The number of halogens is 1. The fourth-order valence-electron chi connectivity index (χ4n) is 3.16. The van der Waals surface area contributed by atoms with E-state index in [0.717, 1.165) is 44.4 Å². The molecule has 0 bridgehead atoms. The van der Waals surface area contributed by atoms with Gasteiger partial charge in [-0.3, -0.25) is 9.89 Å². The average Bonchev–Trinajstić information content (AvgIpc) is 2.64. The van der Waals surface area contributed by atoms with E-state index in [9.17, 15) is 8.42 Å². The minimum Gasteiger partial charge on any atom is -0.379 e. The molecule has 0 aliphatic carbocycles. The molecule has 0 spiro atoms. The number of nitrogens with zero attached hydrogens (tertiary/aromatic N) is 2. The normalized spacial score (nSPS) is 17.1. The predicted molar refractivity (Wildman–Crippen MR) is 124 cm³/mol. The number of hydrogen-bond acceptors (Lipinski definition) is 5. The molecule has 1 aromatic carbocycles. The monoisotopic (exact) mass is 524 g/mol. The molecule has 1 aliphatic rings. The molecule has 0 amide bonds. The van der Waals surface area contributed by atoms with Crippen molar-refractivity contribution in [2.45, 2.75) is 31.3 Å². The lowest BCUT2D eigenvalue weighted by atomic mass is 10.0. The third-order valence-corrected chi connectivity index (χ3v) is 5.93. The van der Waals surface area contributed by atoms with Crippen LogP contribution in [0.15, 0.2) is 34.2 Å². The smallest absolute Gasteiger partial charge is 0.191 e. The van der Waals surface area contributed by atoms with Crippen molar-refractivity contribution in [2.75, 3.05) is 46.2 Å². The molecule has 7 nitrogen and oxygen atoms in total. The number of nitrogens with one attached hydrogen (secondary N) is 2. The Morgan fingerprint density at radius 1 is 1.18 bits per heavy atom. The van der Waals surface area contributed by atoms with E-state index in [1.165, 1.54) is 6.26 Å². The van der Waals surface area contributed by atoms with E-state index in [4.69, 9.17) is 4.74 Å². The zero-order valence-electron chi connectivity index (χ0n) is 17.1. The molecule has 2 N–H and O–H groups in total. The second-order valence-corrected chi connectivity index (χ2v) is 9.20. The van der Waals surface area contributed by atoms with E-state index >= 15 is 0 Å². The molecular weight excluding hydrogens is 491 g/mol. The van der Waals surface area contributed by atoms with E-state index in [2.05, 4.69) is 34.4 Å². The number of benzene rings is 1. The van der Waals surface area contributed by atoms with Crippen LogP contribution in [0.5, 0.6) is 0 Å². The summed E-state index contributed by atoms with van der Waals surface area (Å²) in [5, 5.41) is 6.70. The maximum absolute atomic E-state index is 11.5. The Kier molecular flexibility index (Phi) is 10.7. The summed E-state index contributed by atoms with van der Waals surface area (Å²) in [6, 6.07) is 7.33. The summed E-state index contributed by atoms with van der Waals surface area (Å²) in [7, 11) is -1.41. The summed E-state index contributed by atoms with van der Waals surface area (Å²) in [6.07, 6.45) is 1.21. The number of aliphatic imine (C=N–C) groups is 1. The van der Waals surface area contributed by atoms with Crippen LogP contribution in [0.2, 0.25) is 0 Å². The van der Waals surface area contributed by atoms with Gasteiger partial charge in [0.05, 0.1) is 18.1 Å². The van der Waals surface area contributed by atoms with Crippen molar-refractivity contribution in [1.82, 2.24) is 15.5 Å². The fraction of sp³-hybridized carbons (Fsp3) is 0.632. The molecule has 1 atom stereocenters. The van der Waals surface area contributed by atoms with E-state index in [-0.39, 0.29) is 24.0 Å². The third kappa shape index (κ3) is 7.84. The van der Waals surface area contributed by atoms with Crippen LogP contribution < -0.4 is 10.6 Å². The molecular formula is C19H33IN4O3S. The first-order valence-corrected chi connectivity index (χ1v) is 11.3. The molecule has 2 rings (SSSR count). The summed E-state index contributed by atoms with van der Waals surface area (Å²) < 4.78 is 28.5. The Hall–Kier alpha value is -0.910. The molecule has 0 radical (unpaired) electrons. The lowest BCUT2D eigenvalue weighted by molar-refractivity contribution is 0.00752. The van der Waals surface area contributed by atoms with Crippen LogP contribution in [0, 0.1) is 5.92 Å². The van der Waals surface area contributed by atoms with Crippen molar-refractivity contribution < 1.29 is 13.2 Å². The highest BCUT2D eigenvalue weighted by Gasteiger charge is 2.23. The second kappa shape index (κ2) is 11.9. The Labute approximate surface area is 186 Å². The number of morpholine rings is 1. The largest absolute Gasteiger partial charge is 0.379 e. The number of ether oxygens (including phenoxy) is 1.